The second kappa shape index (κ2) is 6.94. The number of ether oxygens (including phenoxy) is 2. The zero-order valence-corrected chi connectivity index (χ0v) is 12.9. The molecule has 2 rings (SSSR count). The Morgan fingerprint density at radius 2 is 1.86 bits per heavy atom. The topological polar surface area (TPSA) is 61.6 Å². The van der Waals surface area contributed by atoms with E-state index in [4.69, 9.17) is 15.2 Å². The molecule has 0 spiro atoms. The molecular weight excluding hydrogens is 266 g/mol. The van der Waals surface area contributed by atoms with Crippen molar-refractivity contribution >= 4 is 5.97 Å². The first-order chi connectivity index (χ1) is 10.1. The van der Waals surface area contributed by atoms with Crippen LogP contribution in [0, 0.1) is 0 Å². The molecule has 0 aromatic heterocycles. The van der Waals surface area contributed by atoms with E-state index in [-0.39, 0.29) is 11.9 Å². The van der Waals surface area contributed by atoms with Crippen LogP contribution >= 0.6 is 0 Å². The maximum absolute atomic E-state index is 11.6. The zero-order valence-electron chi connectivity index (χ0n) is 12.9. The molecule has 2 N–H and O–H groups in total. The predicted molar refractivity (Wildman–Crippen MR) is 82.4 cm³/mol. The van der Waals surface area contributed by atoms with Gasteiger partial charge >= 0.3 is 5.97 Å². The number of benzene rings is 1. The van der Waals surface area contributed by atoms with Crippen molar-refractivity contribution in [2.24, 2.45) is 5.73 Å². The van der Waals surface area contributed by atoms with Crippen LogP contribution in [-0.4, -0.2) is 25.2 Å². The predicted octanol–water partition coefficient (Wildman–Crippen LogP) is 3.00. The van der Waals surface area contributed by atoms with Crippen molar-refractivity contribution in [2.45, 2.75) is 50.5 Å². The summed E-state index contributed by atoms with van der Waals surface area (Å²) in [7, 11) is 1.65. The van der Waals surface area contributed by atoms with Crippen LogP contribution in [0.1, 0.15) is 50.5 Å². The molecule has 21 heavy (non-hydrogen) atoms. The summed E-state index contributed by atoms with van der Waals surface area (Å²) in [4.78, 5) is 11.6. The minimum Gasteiger partial charge on any atom is -0.497 e. The Kier molecular flexibility index (Phi) is 5.23. The van der Waals surface area contributed by atoms with Crippen LogP contribution in [-0.2, 0) is 9.53 Å². The highest BCUT2D eigenvalue weighted by atomic mass is 16.6. The van der Waals surface area contributed by atoms with E-state index in [1.807, 2.05) is 24.3 Å². The average molecular weight is 291 g/mol. The van der Waals surface area contributed by atoms with Gasteiger partial charge in [-0.3, -0.25) is 4.79 Å². The van der Waals surface area contributed by atoms with Gasteiger partial charge in [0.05, 0.1) is 7.11 Å². The van der Waals surface area contributed by atoms with E-state index in [1.165, 1.54) is 13.3 Å². The number of carbonyl (C=O) groups is 1. The molecule has 0 saturated heterocycles. The lowest BCUT2D eigenvalue weighted by atomic mass is 9.72. The fourth-order valence-corrected chi connectivity index (χ4v) is 3.45. The normalized spacial score (nSPS) is 18.8. The van der Waals surface area contributed by atoms with Gasteiger partial charge < -0.3 is 15.2 Å². The van der Waals surface area contributed by atoms with Crippen molar-refractivity contribution in [2.75, 3.05) is 13.7 Å². The van der Waals surface area contributed by atoms with Crippen LogP contribution in [0.25, 0.3) is 0 Å². The molecular formula is C17H25NO3. The molecule has 1 aliphatic rings. The number of carbonyl (C=O) groups excluding carboxylic acids is 1. The first kappa shape index (κ1) is 15.8. The highest BCUT2D eigenvalue weighted by Gasteiger charge is 2.42. The fraction of sp³-hybridized carbons (Fsp3) is 0.588. The molecule has 1 aliphatic carbocycles. The molecule has 1 atom stereocenters. The van der Waals surface area contributed by atoms with Crippen LogP contribution in [0.5, 0.6) is 5.75 Å². The molecule has 1 fully saturated rings. The molecule has 116 valence electrons. The maximum Gasteiger partial charge on any atom is 0.303 e. The molecule has 1 aromatic rings. The summed E-state index contributed by atoms with van der Waals surface area (Å²) < 4.78 is 11.0. The standard InChI is InChI=1S/C17H25NO3/c1-13(19)21-17(10-4-3-5-11-17)16(12-18)14-6-8-15(20-2)9-7-14/h6-9,16H,3-5,10-12,18H2,1-2H3. The molecule has 1 saturated carbocycles. The van der Waals surface area contributed by atoms with Gasteiger partial charge in [0.25, 0.3) is 0 Å². The van der Waals surface area contributed by atoms with E-state index in [0.29, 0.717) is 6.54 Å². The minimum absolute atomic E-state index is 0.0348. The molecule has 4 heteroatoms. The Morgan fingerprint density at radius 1 is 1.24 bits per heavy atom. The summed E-state index contributed by atoms with van der Waals surface area (Å²) in [5.41, 5.74) is 6.71. The van der Waals surface area contributed by atoms with Crippen molar-refractivity contribution in [3.05, 3.63) is 29.8 Å². The average Bonchev–Trinajstić information content (AvgIpc) is 2.49. The van der Waals surface area contributed by atoms with E-state index in [9.17, 15) is 4.79 Å². The van der Waals surface area contributed by atoms with Crippen molar-refractivity contribution in [3.8, 4) is 5.75 Å². The largest absolute Gasteiger partial charge is 0.497 e. The zero-order chi connectivity index (χ0) is 15.3. The van der Waals surface area contributed by atoms with E-state index in [2.05, 4.69) is 0 Å². The fourth-order valence-electron chi connectivity index (χ4n) is 3.45. The van der Waals surface area contributed by atoms with Gasteiger partial charge in [-0.15, -0.1) is 0 Å². The molecule has 0 amide bonds. The van der Waals surface area contributed by atoms with Gasteiger partial charge in [0, 0.05) is 19.4 Å². The number of esters is 1. The number of rotatable bonds is 5. The van der Waals surface area contributed by atoms with Gasteiger partial charge in [0.2, 0.25) is 0 Å². The second-order valence-corrected chi connectivity index (χ2v) is 5.78. The third-order valence-corrected chi connectivity index (χ3v) is 4.44. The quantitative estimate of drug-likeness (QED) is 0.847. The van der Waals surface area contributed by atoms with Gasteiger partial charge in [0.1, 0.15) is 11.4 Å². The highest BCUT2D eigenvalue weighted by Crippen LogP contribution is 2.42. The van der Waals surface area contributed by atoms with Crippen LogP contribution in [0.2, 0.25) is 0 Å². The maximum atomic E-state index is 11.6. The first-order valence-corrected chi connectivity index (χ1v) is 7.65. The number of hydrogen-bond donors (Lipinski definition) is 1. The van der Waals surface area contributed by atoms with E-state index in [1.54, 1.807) is 7.11 Å². The highest BCUT2D eigenvalue weighted by molar-refractivity contribution is 5.66. The second-order valence-electron chi connectivity index (χ2n) is 5.78. The molecule has 0 aliphatic heterocycles. The Morgan fingerprint density at radius 3 is 2.33 bits per heavy atom. The Balaban J connectivity index is 2.31. The summed E-state index contributed by atoms with van der Waals surface area (Å²) in [6, 6.07) is 7.91. The third-order valence-electron chi connectivity index (χ3n) is 4.44. The molecule has 0 heterocycles. The summed E-state index contributed by atoms with van der Waals surface area (Å²) >= 11 is 0. The molecule has 1 unspecified atom stereocenters. The first-order valence-electron chi connectivity index (χ1n) is 7.65. The number of methoxy groups -OCH3 is 1. The summed E-state index contributed by atoms with van der Waals surface area (Å²) in [6.45, 7) is 1.96. The third kappa shape index (κ3) is 3.56. The van der Waals surface area contributed by atoms with Crippen LogP contribution in [0.4, 0.5) is 0 Å². The Bertz CT molecular complexity index is 463. The molecule has 4 nitrogen and oxygen atoms in total. The van der Waals surface area contributed by atoms with Gasteiger partial charge in [-0.25, -0.2) is 0 Å². The number of hydrogen-bond acceptors (Lipinski definition) is 4. The summed E-state index contributed by atoms with van der Waals surface area (Å²) in [5.74, 6) is 0.635. The lowest BCUT2D eigenvalue weighted by molar-refractivity contribution is -0.163. The lowest BCUT2D eigenvalue weighted by Gasteiger charge is -2.42. The minimum atomic E-state index is -0.451. The SMILES string of the molecule is COc1ccc(C(CN)C2(OC(C)=O)CCCCC2)cc1. The molecule has 0 radical (unpaired) electrons. The van der Waals surface area contributed by atoms with Gasteiger partial charge in [0.15, 0.2) is 0 Å². The van der Waals surface area contributed by atoms with Crippen LogP contribution in [0.15, 0.2) is 24.3 Å². The number of nitrogens with two attached hydrogens (primary N) is 1. The van der Waals surface area contributed by atoms with Crippen molar-refractivity contribution in [1.29, 1.82) is 0 Å². The van der Waals surface area contributed by atoms with E-state index in [0.717, 1.165) is 37.0 Å². The Hall–Kier alpha value is -1.55. The van der Waals surface area contributed by atoms with Gasteiger partial charge in [-0.1, -0.05) is 18.6 Å². The monoisotopic (exact) mass is 291 g/mol. The lowest BCUT2D eigenvalue weighted by Crippen LogP contribution is -2.45. The van der Waals surface area contributed by atoms with Gasteiger partial charge in [-0.05, 0) is 43.4 Å². The smallest absolute Gasteiger partial charge is 0.303 e. The molecule has 1 aromatic carbocycles. The van der Waals surface area contributed by atoms with E-state index < -0.39 is 5.60 Å². The summed E-state index contributed by atoms with van der Waals surface area (Å²) in [5, 5.41) is 0. The van der Waals surface area contributed by atoms with Crippen LogP contribution < -0.4 is 10.5 Å². The van der Waals surface area contributed by atoms with Gasteiger partial charge in [-0.2, -0.15) is 0 Å². The van der Waals surface area contributed by atoms with Crippen molar-refractivity contribution in [3.63, 3.8) is 0 Å². The summed E-state index contributed by atoms with van der Waals surface area (Å²) in [6.07, 6.45) is 5.14. The van der Waals surface area contributed by atoms with Crippen molar-refractivity contribution < 1.29 is 14.3 Å². The van der Waals surface area contributed by atoms with E-state index >= 15 is 0 Å². The van der Waals surface area contributed by atoms with Crippen LogP contribution in [0.3, 0.4) is 0 Å². The van der Waals surface area contributed by atoms with Crippen molar-refractivity contribution in [1.82, 2.24) is 0 Å². The molecule has 0 bridgehead atoms. The Labute approximate surface area is 126 Å².